The van der Waals surface area contributed by atoms with Gasteiger partial charge in [-0.15, -0.1) is 0 Å². The summed E-state index contributed by atoms with van der Waals surface area (Å²) in [5.74, 6) is 0.889. The number of pyridine rings is 1. The summed E-state index contributed by atoms with van der Waals surface area (Å²) >= 11 is 0. The van der Waals surface area contributed by atoms with Crippen molar-refractivity contribution >= 4 is 0 Å². The number of rotatable bonds is 5. The number of ether oxygens (including phenoxy) is 1. The summed E-state index contributed by atoms with van der Waals surface area (Å²) in [6.45, 7) is 3.00. The molecule has 2 rings (SSSR count). The smallest absolute Gasteiger partial charge is 0.118 e. The molecule has 0 unspecified atom stereocenters. The molecule has 2 aromatic rings. The molecule has 0 spiro atoms. The van der Waals surface area contributed by atoms with Crippen LogP contribution in [0.2, 0.25) is 0 Å². The van der Waals surface area contributed by atoms with Gasteiger partial charge in [0.2, 0.25) is 0 Å². The molecule has 0 saturated heterocycles. The lowest BCUT2D eigenvalue weighted by molar-refractivity contribution is 0.414. The molecule has 0 fully saturated rings. The Hall–Kier alpha value is -1.87. The van der Waals surface area contributed by atoms with Crippen LogP contribution in [0.15, 0.2) is 48.8 Å². The highest BCUT2D eigenvalue weighted by Crippen LogP contribution is 2.17. The number of benzene rings is 1. The first-order valence-corrected chi connectivity index (χ1v) is 6.06. The van der Waals surface area contributed by atoms with Crippen LogP contribution in [0, 0.1) is 0 Å². The second-order valence-electron chi connectivity index (χ2n) is 4.23. The first kappa shape index (κ1) is 12.6. The maximum absolute atomic E-state index is 5.15. The average Bonchev–Trinajstić information content (AvgIpc) is 2.46. The fourth-order valence-electron chi connectivity index (χ4n) is 1.78. The van der Waals surface area contributed by atoms with E-state index in [0.29, 0.717) is 6.04 Å². The van der Waals surface area contributed by atoms with Crippen molar-refractivity contribution in [2.75, 3.05) is 7.11 Å². The van der Waals surface area contributed by atoms with Crippen molar-refractivity contribution in [3.63, 3.8) is 0 Å². The summed E-state index contributed by atoms with van der Waals surface area (Å²) in [5.41, 5.74) is 2.50. The molecule has 3 heteroatoms. The van der Waals surface area contributed by atoms with Gasteiger partial charge in [-0.25, -0.2) is 0 Å². The fourth-order valence-corrected chi connectivity index (χ4v) is 1.78. The molecule has 1 aromatic heterocycles. The highest BCUT2D eigenvalue weighted by molar-refractivity contribution is 5.28. The zero-order chi connectivity index (χ0) is 12.8. The van der Waals surface area contributed by atoms with Gasteiger partial charge in [-0.1, -0.05) is 12.1 Å². The minimum atomic E-state index is 0.309. The number of aromatic nitrogens is 1. The van der Waals surface area contributed by atoms with E-state index in [0.717, 1.165) is 12.3 Å². The summed E-state index contributed by atoms with van der Waals surface area (Å²) in [7, 11) is 1.68. The third-order valence-electron chi connectivity index (χ3n) is 2.98. The van der Waals surface area contributed by atoms with Gasteiger partial charge in [0.15, 0.2) is 0 Å². The van der Waals surface area contributed by atoms with Crippen molar-refractivity contribution in [1.29, 1.82) is 0 Å². The Balaban J connectivity index is 1.93. The van der Waals surface area contributed by atoms with Gasteiger partial charge < -0.3 is 10.1 Å². The molecule has 94 valence electrons. The number of hydrogen-bond donors (Lipinski definition) is 1. The molecule has 1 N–H and O–H groups in total. The van der Waals surface area contributed by atoms with Crippen LogP contribution in [0.3, 0.4) is 0 Å². The SMILES string of the molecule is COc1ccc([C@H](C)NCc2ccncc2)cc1. The minimum absolute atomic E-state index is 0.309. The van der Waals surface area contributed by atoms with Crippen LogP contribution in [-0.2, 0) is 6.54 Å². The van der Waals surface area contributed by atoms with Crippen LogP contribution in [0.5, 0.6) is 5.75 Å². The van der Waals surface area contributed by atoms with Crippen LogP contribution in [-0.4, -0.2) is 12.1 Å². The molecule has 1 aromatic carbocycles. The number of nitrogens with zero attached hydrogens (tertiary/aromatic N) is 1. The van der Waals surface area contributed by atoms with E-state index in [-0.39, 0.29) is 0 Å². The van der Waals surface area contributed by atoms with E-state index < -0.39 is 0 Å². The molecule has 18 heavy (non-hydrogen) atoms. The van der Waals surface area contributed by atoms with Gasteiger partial charge in [-0.2, -0.15) is 0 Å². The van der Waals surface area contributed by atoms with Gasteiger partial charge >= 0.3 is 0 Å². The summed E-state index contributed by atoms with van der Waals surface area (Å²) < 4.78 is 5.15. The van der Waals surface area contributed by atoms with Crippen LogP contribution in [0.25, 0.3) is 0 Å². The van der Waals surface area contributed by atoms with E-state index in [2.05, 4.69) is 29.4 Å². The second-order valence-corrected chi connectivity index (χ2v) is 4.23. The third-order valence-corrected chi connectivity index (χ3v) is 2.98. The molecule has 0 aliphatic rings. The molecule has 0 bridgehead atoms. The molecule has 1 heterocycles. The van der Waals surface area contributed by atoms with E-state index in [1.54, 1.807) is 7.11 Å². The first-order chi connectivity index (χ1) is 8.79. The predicted octanol–water partition coefficient (Wildman–Crippen LogP) is 2.94. The summed E-state index contributed by atoms with van der Waals surface area (Å²) in [6, 6.07) is 12.5. The Labute approximate surface area is 108 Å². The van der Waals surface area contributed by atoms with E-state index >= 15 is 0 Å². The van der Waals surface area contributed by atoms with Crippen molar-refractivity contribution in [3.05, 3.63) is 59.9 Å². The van der Waals surface area contributed by atoms with Gasteiger partial charge in [0.1, 0.15) is 5.75 Å². The van der Waals surface area contributed by atoms with Crippen molar-refractivity contribution in [2.24, 2.45) is 0 Å². The zero-order valence-corrected chi connectivity index (χ0v) is 10.8. The molecule has 0 saturated carbocycles. The lowest BCUT2D eigenvalue weighted by atomic mass is 10.1. The topological polar surface area (TPSA) is 34.1 Å². The number of nitrogens with one attached hydrogen (secondary N) is 1. The predicted molar refractivity (Wildman–Crippen MR) is 72.5 cm³/mol. The summed E-state index contributed by atoms with van der Waals surface area (Å²) in [5, 5.41) is 3.48. The Bertz CT molecular complexity index is 468. The molecular weight excluding hydrogens is 224 g/mol. The first-order valence-electron chi connectivity index (χ1n) is 6.06. The zero-order valence-electron chi connectivity index (χ0n) is 10.8. The highest BCUT2D eigenvalue weighted by atomic mass is 16.5. The monoisotopic (exact) mass is 242 g/mol. The molecule has 0 amide bonds. The Kier molecular flexibility index (Phi) is 4.31. The minimum Gasteiger partial charge on any atom is -0.497 e. The van der Waals surface area contributed by atoms with E-state index in [9.17, 15) is 0 Å². The van der Waals surface area contributed by atoms with E-state index in [4.69, 9.17) is 4.74 Å². The molecule has 0 aliphatic heterocycles. The van der Waals surface area contributed by atoms with E-state index in [1.165, 1.54) is 11.1 Å². The van der Waals surface area contributed by atoms with Crippen LogP contribution < -0.4 is 10.1 Å². The Morgan fingerprint density at radius 2 is 1.78 bits per heavy atom. The standard InChI is InChI=1S/C15H18N2O/c1-12(14-3-5-15(18-2)6-4-14)17-11-13-7-9-16-10-8-13/h3-10,12,17H,11H2,1-2H3/t12-/m0/s1. The summed E-state index contributed by atoms with van der Waals surface area (Å²) in [6.07, 6.45) is 3.63. The van der Waals surface area contributed by atoms with Crippen LogP contribution in [0.1, 0.15) is 24.1 Å². The number of hydrogen-bond acceptors (Lipinski definition) is 3. The Morgan fingerprint density at radius 1 is 1.11 bits per heavy atom. The molecule has 0 aliphatic carbocycles. The molecule has 3 nitrogen and oxygen atoms in total. The maximum Gasteiger partial charge on any atom is 0.118 e. The van der Waals surface area contributed by atoms with E-state index in [1.807, 2.05) is 36.7 Å². The van der Waals surface area contributed by atoms with Crippen molar-refractivity contribution in [2.45, 2.75) is 19.5 Å². The van der Waals surface area contributed by atoms with Crippen LogP contribution >= 0.6 is 0 Å². The van der Waals surface area contributed by atoms with Gasteiger partial charge in [0.25, 0.3) is 0 Å². The molecular formula is C15H18N2O. The maximum atomic E-state index is 5.15. The van der Waals surface area contributed by atoms with Crippen molar-refractivity contribution in [3.8, 4) is 5.75 Å². The molecule has 1 atom stereocenters. The number of methoxy groups -OCH3 is 1. The van der Waals surface area contributed by atoms with Crippen molar-refractivity contribution < 1.29 is 4.74 Å². The van der Waals surface area contributed by atoms with Gasteiger partial charge in [-0.3, -0.25) is 4.98 Å². The highest BCUT2D eigenvalue weighted by Gasteiger charge is 2.04. The van der Waals surface area contributed by atoms with Crippen molar-refractivity contribution in [1.82, 2.24) is 10.3 Å². The normalized spacial score (nSPS) is 12.1. The second kappa shape index (κ2) is 6.17. The fraction of sp³-hybridized carbons (Fsp3) is 0.267. The summed E-state index contributed by atoms with van der Waals surface area (Å²) in [4.78, 5) is 4.01. The lowest BCUT2D eigenvalue weighted by Crippen LogP contribution is -2.17. The average molecular weight is 242 g/mol. The van der Waals surface area contributed by atoms with Gasteiger partial charge in [0.05, 0.1) is 7.11 Å². The largest absolute Gasteiger partial charge is 0.497 e. The third kappa shape index (κ3) is 3.31. The van der Waals surface area contributed by atoms with Gasteiger partial charge in [-0.05, 0) is 42.3 Å². The quantitative estimate of drug-likeness (QED) is 0.875. The van der Waals surface area contributed by atoms with Gasteiger partial charge in [0, 0.05) is 25.0 Å². The molecule has 0 radical (unpaired) electrons. The lowest BCUT2D eigenvalue weighted by Gasteiger charge is -2.14. The Morgan fingerprint density at radius 3 is 2.39 bits per heavy atom. The van der Waals surface area contributed by atoms with Crippen LogP contribution in [0.4, 0.5) is 0 Å².